The lowest BCUT2D eigenvalue weighted by atomic mass is 10.0. The molecule has 0 aliphatic rings. The monoisotopic (exact) mass is 281 g/mol. The first kappa shape index (κ1) is 17.0. The van der Waals surface area contributed by atoms with Gasteiger partial charge in [0.15, 0.2) is 6.29 Å². The van der Waals surface area contributed by atoms with Gasteiger partial charge in [0.2, 0.25) is 0 Å². The van der Waals surface area contributed by atoms with E-state index < -0.39 is 6.29 Å². The summed E-state index contributed by atoms with van der Waals surface area (Å²) < 4.78 is 0. The molecule has 0 aliphatic heterocycles. The van der Waals surface area contributed by atoms with Gasteiger partial charge in [-0.3, -0.25) is 0 Å². The summed E-state index contributed by atoms with van der Waals surface area (Å²) in [5.41, 5.74) is 2.03. The Labute approximate surface area is 121 Å². The van der Waals surface area contributed by atoms with E-state index in [0.717, 1.165) is 12.0 Å². The minimum atomic E-state index is -1.36. The highest BCUT2D eigenvalue weighted by Crippen LogP contribution is 2.20. The van der Waals surface area contributed by atoms with Crippen LogP contribution in [0, 0.1) is 0 Å². The SMILES string of the molecule is CCCCCCCc1ccc(O)c(CNCC(O)O)c1. The molecule has 20 heavy (non-hydrogen) atoms. The summed E-state index contributed by atoms with van der Waals surface area (Å²) in [6, 6.07) is 5.67. The van der Waals surface area contributed by atoms with Crippen molar-refractivity contribution in [1.82, 2.24) is 5.32 Å². The number of hydrogen-bond donors (Lipinski definition) is 4. The third kappa shape index (κ3) is 6.89. The van der Waals surface area contributed by atoms with Crippen LogP contribution in [0.15, 0.2) is 18.2 Å². The average Bonchev–Trinajstić information content (AvgIpc) is 2.41. The molecule has 0 amide bonds. The topological polar surface area (TPSA) is 72.7 Å². The van der Waals surface area contributed by atoms with Crippen LogP contribution in [0.25, 0.3) is 0 Å². The van der Waals surface area contributed by atoms with E-state index in [1.807, 2.05) is 12.1 Å². The first-order chi connectivity index (χ1) is 9.63. The van der Waals surface area contributed by atoms with E-state index >= 15 is 0 Å². The van der Waals surface area contributed by atoms with E-state index in [9.17, 15) is 5.11 Å². The predicted molar refractivity (Wildman–Crippen MR) is 80.5 cm³/mol. The van der Waals surface area contributed by atoms with Gasteiger partial charge in [-0.1, -0.05) is 44.7 Å². The van der Waals surface area contributed by atoms with Gasteiger partial charge >= 0.3 is 0 Å². The first-order valence-corrected chi connectivity index (χ1v) is 7.51. The third-order valence-corrected chi connectivity index (χ3v) is 3.36. The van der Waals surface area contributed by atoms with Crippen molar-refractivity contribution in [2.75, 3.05) is 6.54 Å². The quantitative estimate of drug-likeness (QED) is 0.392. The van der Waals surface area contributed by atoms with Gasteiger partial charge in [-0.05, 0) is 24.5 Å². The molecule has 4 nitrogen and oxygen atoms in total. The Balaban J connectivity index is 2.40. The van der Waals surface area contributed by atoms with Crippen LogP contribution in [0.1, 0.15) is 50.2 Å². The number of hydrogen-bond acceptors (Lipinski definition) is 4. The zero-order chi connectivity index (χ0) is 14.8. The highest BCUT2D eigenvalue weighted by Gasteiger charge is 2.04. The molecule has 114 valence electrons. The van der Waals surface area contributed by atoms with Gasteiger partial charge in [-0.15, -0.1) is 0 Å². The van der Waals surface area contributed by atoms with E-state index in [-0.39, 0.29) is 12.3 Å². The standard InChI is InChI=1S/C16H27NO3/c1-2-3-4-5-6-7-13-8-9-15(18)14(10-13)11-17-12-16(19)20/h8-10,16-20H,2-7,11-12H2,1H3. The Morgan fingerprint density at radius 3 is 2.55 bits per heavy atom. The van der Waals surface area contributed by atoms with Gasteiger partial charge in [0.1, 0.15) is 5.75 Å². The van der Waals surface area contributed by atoms with Crippen LogP contribution in [0.3, 0.4) is 0 Å². The molecule has 0 fully saturated rings. The van der Waals surface area contributed by atoms with Crippen molar-refractivity contribution < 1.29 is 15.3 Å². The Hall–Kier alpha value is -1.10. The molecule has 1 aromatic carbocycles. The molecular formula is C16H27NO3. The number of phenolic OH excluding ortho intramolecular Hbond substituents is 1. The molecule has 0 spiro atoms. The number of aryl methyl sites for hydroxylation is 1. The maximum Gasteiger partial charge on any atom is 0.164 e. The molecule has 0 atom stereocenters. The van der Waals surface area contributed by atoms with Crippen molar-refractivity contribution in [3.05, 3.63) is 29.3 Å². The third-order valence-electron chi connectivity index (χ3n) is 3.36. The molecule has 0 unspecified atom stereocenters. The lowest BCUT2D eigenvalue weighted by Gasteiger charge is -2.10. The minimum Gasteiger partial charge on any atom is -0.508 e. The van der Waals surface area contributed by atoms with Crippen LogP contribution >= 0.6 is 0 Å². The van der Waals surface area contributed by atoms with Gasteiger partial charge in [-0.25, -0.2) is 0 Å². The fourth-order valence-electron chi connectivity index (χ4n) is 2.20. The fourth-order valence-corrected chi connectivity index (χ4v) is 2.20. The largest absolute Gasteiger partial charge is 0.508 e. The second kappa shape index (κ2) is 9.75. The van der Waals surface area contributed by atoms with Gasteiger partial charge < -0.3 is 20.6 Å². The number of phenols is 1. The second-order valence-electron chi connectivity index (χ2n) is 5.24. The number of unbranched alkanes of at least 4 members (excludes halogenated alkanes) is 4. The number of aromatic hydroxyl groups is 1. The maximum absolute atomic E-state index is 9.78. The number of nitrogens with one attached hydrogen (secondary N) is 1. The fraction of sp³-hybridized carbons (Fsp3) is 0.625. The lowest BCUT2D eigenvalue weighted by Crippen LogP contribution is -2.25. The summed E-state index contributed by atoms with van der Waals surface area (Å²) >= 11 is 0. The highest BCUT2D eigenvalue weighted by atomic mass is 16.5. The summed E-state index contributed by atoms with van der Waals surface area (Å²) in [6.45, 7) is 2.75. The molecular weight excluding hydrogens is 254 g/mol. The normalized spacial score (nSPS) is 11.2. The summed E-state index contributed by atoms with van der Waals surface area (Å²) in [4.78, 5) is 0. The smallest absolute Gasteiger partial charge is 0.164 e. The van der Waals surface area contributed by atoms with Crippen molar-refractivity contribution >= 4 is 0 Å². The van der Waals surface area contributed by atoms with Gasteiger partial charge in [0, 0.05) is 18.7 Å². The molecule has 1 rings (SSSR count). The van der Waals surface area contributed by atoms with E-state index in [2.05, 4.69) is 12.2 Å². The van der Waals surface area contributed by atoms with Gasteiger partial charge in [-0.2, -0.15) is 0 Å². The van der Waals surface area contributed by atoms with Gasteiger partial charge in [0.25, 0.3) is 0 Å². The van der Waals surface area contributed by atoms with Crippen molar-refractivity contribution in [2.45, 2.75) is 58.3 Å². The van der Waals surface area contributed by atoms with E-state index in [0.29, 0.717) is 6.54 Å². The lowest BCUT2D eigenvalue weighted by molar-refractivity contribution is -0.0374. The maximum atomic E-state index is 9.78. The average molecular weight is 281 g/mol. The van der Waals surface area contributed by atoms with E-state index in [1.165, 1.54) is 37.7 Å². The highest BCUT2D eigenvalue weighted by molar-refractivity contribution is 5.36. The van der Waals surface area contributed by atoms with Crippen LogP contribution < -0.4 is 5.32 Å². The molecule has 0 heterocycles. The number of aliphatic hydroxyl groups excluding tert-OH is 1. The summed E-state index contributed by atoms with van der Waals surface area (Å²) in [5.74, 6) is 0.250. The van der Waals surface area contributed by atoms with Crippen molar-refractivity contribution in [3.63, 3.8) is 0 Å². The molecule has 1 aromatic rings. The number of aliphatic hydroxyl groups is 2. The van der Waals surface area contributed by atoms with Crippen molar-refractivity contribution in [1.29, 1.82) is 0 Å². The Morgan fingerprint density at radius 1 is 1.10 bits per heavy atom. The number of rotatable bonds is 10. The molecule has 0 saturated heterocycles. The Bertz CT molecular complexity index is 380. The van der Waals surface area contributed by atoms with E-state index in [4.69, 9.17) is 10.2 Å². The van der Waals surface area contributed by atoms with Crippen LogP contribution in [0.2, 0.25) is 0 Å². The van der Waals surface area contributed by atoms with Crippen LogP contribution in [-0.2, 0) is 13.0 Å². The second-order valence-corrected chi connectivity index (χ2v) is 5.24. The summed E-state index contributed by atoms with van der Waals surface area (Å²) in [5, 5.41) is 30.2. The Kier molecular flexibility index (Phi) is 8.26. The number of benzene rings is 1. The molecule has 0 aromatic heterocycles. The summed E-state index contributed by atoms with van der Waals surface area (Å²) in [7, 11) is 0. The first-order valence-electron chi connectivity index (χ1n) is 7.51. The summed E-state index contributed by atoms with van der Waals surface area (Å²) in [6.07, 6.45) is 5.93. The Morgan fingerprint density at radius 2 is 1.85 bits per heavy atom. The van der Waals surface area contributed by atoms with Crippen LogP contribution in [0.4, 0.5) is 0 Å². The van der Waals surface area contributed by atoms with Gasteiger partial charge in [0.05, 0.1) is 0 Å². The molecule has 0 radical (unpaired) electrons. The predicted octanol–water partition coefficient (Wildman–Crippen LogP) is 2.31. The molecule has 0 saturated carbocycles. The van der Waals surface area contributed by atoms with Crippen molar-refractivity contribution in [2.24, 2.45) is 0 Å². The molecule has 0 bridgehead atoms. The van der Waals surface area contributed by atoms with Crippen molar-refractivity contribution in [3.8, 4) is 5.75 Å². The minimum absolute atomic E-state index is 0.0979. The zero-order valence-corrected chi connectivity index (χ0v) is 12.3. The van der Waals surface area contributed by atoms with Crippen LogP contribution in [0.5, 0.6) is 5.75 Å². The zero-order valence-electron chi connectivity index (χ0n) is 12.3. The van der Waals surface area contributed by atoms with Crippen LogP contribution in [-0.4, -0.2) is 28.2 Å². The molecule has 4 N–H and O–H groups in total. The molecule has 0 aliphatic carbocycles. The van der Waals surface area contributed by atoms with E-state index in [1.54, 1.807) is 6.07 Å². The molecule has 4 heteroatoms.